The number of rotatable bonds is 5. The van der Waals surface area contributed by atoms with E-state index in [1.165, 1.54) is 12.1 Å². The number of benzene rings is 1. The van der Waals surface area contributed by atoms with Crippen molar-refractivity contribution in [2.45, 2.75) is 19.9 Å². The van der Waals surface area contributed by atoms with E-state index in [4.69, 9.17) is 5.73 Å². The van der Waals surface area contributed by atoms with Gasteiger partial charge in [-0.3, -0.25) is 0 Å². The van der Waals surface area contributed by atoms with E-state index < -0.39 is 0 Å². The lowest BCUT2D eigenvalue weighted by atomic mass is 10.2. The van der Waals surface area contributed by atoms with Crippen LogP contribution in [0.5, 0.6) is 0 Å². The van der Waals surface area contributed by atoms with Gasteiger partial charge in [-0.05, 0) is 46.1 Å². The molecule has 1 aromatic rings. The molecule has 1 atom stereocenters. The van der Waals surface area contributed by atoms with E-state index in [9.17, 15) is 4.39 Å². The summed E-state index contributed by atoms with van der Waals surface area (Å²) in [6, 6.07) is 4.92. The predicted octanol–water partition coefficient (Wildman–Crippen LogP) is 2.18. The van der Waals surface area contributed by atoms with Gasteiger partial charge in [-0.1, -0.05) is 0 Å². The van der Waals surface area contributed by atoms with Gasteiger partial charge < -0.3 is 15.5 Å². The average Bonchev–Trinajstić information content (AvgIpc) is 2.21. The van der Waals surface area contributed by atoms with E-state index >= 15 is 0 Å². The minimum Gasteiger partial charge on any atom is -0.397 e. The van der Waals surface area contributed by atoms with E-state index in [1.807, 2.05) is 14.1 Å². The highest BCUT2D eigenvalue weighted by Gasteiger charge is 2.16. The van der Waals surface area contributed by atoms with Gasteiger partial charge in [-0.25, -0.2) is 4.39 Å². The van der Waals surface area contributed by atoms with Crippen LogP contribution in [0, 0.1) is 5.82 Å². The highest BCUT2D eigenvalue weighted by Crippen LogP contribution is 2.25. The quantitative estimate of drug-likeness (QED) is 0.799. The molecule has 1 unspecified atom stereocenters. The van der Waals surface area contributed by atoms with Gasteiger partial charge in [0.15, 0.2) is 0 Å². The highest BCUT2D eigenvalue weighted by molar-refractivity contribution is 5.67. The lowest BCUT2D eigenvalue weighted by Gasteiger charge is -2.32. The molecule has 3 nitrogen and oxygen atoms in total. The number of likely N-dealkylation sites (N-methyl/N-ethyl adjacent to an activating group) is 2. The van der Waals surface area contributed by atoms with Crippen LogP contribution in [0.25, 0.3) is 0 Å². The smallest absolute Gasteiger partial charge is 0.125 e. The van der Waals surface area contributed by atoms with E-state index in [0.717, 1.165) is 18.8 Å². The van der Waals surface area contributed by atoms with Gasteiger partial charge in [0.25, 0.3) is 0 Å². The lowest BCUT2D eigenvalue weighted by molar-refractivity contribution is 0.373. The zero-order valence-electron chi connectivity index (χ0n) is 11.1. The third-order valence-electron chi connectivity index (χ3n) is 2.80. The van der Waals surface area contributed by atoms with Crippen LogP contribution in [-0.2, 0) is 0 Å². The molecule has 0 radical (unpaired) electrons. The molecule has 0 bridgehead atoms. The summed E-state index contributed by atoms with van der Waals surface area (Å²) in [6.45, 7) is 6.01. The van der Waals surface area contributed by atoms with E-state index in [-0.39, 0.29) is 5.82 Å². The summed E-state index contributed by atoms with van der Waals surface area (Å²) in [6.07, 6.45) is 0. The monoisotopic (exact) mass is 239 g/mol. The maximum Gasteiger partial charge on any atom is 0.125 e. The van der Waals surface area contributed by atoms with Crippen LogP contribution in [0.15, 0.2) is 18.2 Å². The first-order valence-corrected chi connectivity index (χ1v) is 5.92. The molecule has 2 N–H and O–H groups in total. The molecule has 0 aliphatic rings. The minimum atomic E-state index is -0.289. The van der Waals surface area contributed by atoms with Crippen molar-refractivity contribution < 1.29 is 4.39 Å². The van der Waals surface area contributed by atoms with Crippen molar-refractivity contribution in [3.05, 3.63) is 24.0 Å². The summed E-state index contributed by atoms with van der Waals surface area (Å²) in [5.41, 5.74) is 7.27. The molecule has 17 heavy (non-hydrogen) atoms. The lowest BCUT2D eigenvalue weighted by Crippen LogP contribution is -2.40. The Balaban J connectivity index is 2.93. The van der Waals surface area contributed by atoms with Crippen molar-refractivity contribution in [2.75, 3.05) is 37.8 Å². The first-order valence-electron chi connectivity index (χ1n) is 5.92. The SMILES string of the molecule is CCN(c1ccc(F)cc1N)C(C)CN(C)C. The normalized spacial score (nSPS) is 12.8. The largest absolute Gasteiger partial charge is 0.397 e. The number of nitrogen functional groups attached to an aromatic ring is 1. The van der Waals surface area contributed by atoms with E-state index in [1.54, 1.807) is 6.07 Å². The first kappa shape index (κ1) is 13.8. The van der Waals surface area contributed by atoms with Gasteiger partial charge in [0, 0.05) is 19.1 Å². The maximum atomic E-state index is 13.0. The summed E-state index contributed by atoms with van der Waals surface area (Å²) in [7, 11) is 4.08. The third kappa shape index (κ3) is 3.60. The zero-order valence-corrected chi connectivity index (χ0v) is 11.1. The molecule has 0 saturated carbocycles. The number of nitrogens with two attached hydrogens (primary N) is 1. The molecule has 96 valence electrons. The first-order chi connectivity index (χ1) is 7.95. The molecule has 0 aliphatic carbocycles. The molecule has 4 heteroatoms. The second-order valence-corrected chi connectivity index (χ2v) is 4.60. The van der Waals surface area contributed by atoms with E-state index in [0.29, 0.717) is 11.7 Å². The fourth-order valence-corrected chi connectivity index (χ4v) is 2.13. The van der Waals surface area contributed by atoms with Crippen LogP contribution < -0.4 is 10.6 Å². The summed E-state index contributed by atoms with van der Waals surface area (Å²) in [5.74, 6) is -0.289. The molecule has 0 saturated heterocycles. The molecule has 0 fully saturated rings. The third-order valence-corrected chi connectivity index (χ3v) is 2.80. The van der Waals surface area contributed by atoms with Gasteiger partial charge in [0.1, 0.15) is 5.82 Å². The fourth-order valence-electron chi connectivity index (χ4n) is 2.13. The topological polar surface area (TPSA) is 32.5 Å². The van der Waals surface area contributed by atoms with Crippen LogP contribution in [0.1, 0.15) is 13.8 Å². The van der Waals surface area contributed by atoms with Gasteiger partial charge in [-0.15, -0.1) is 0 Å². The zero-order chi connectivity index (χ0) is 13.0. The molecule has 0 spiro atoms. The number of hydrogen-bond donors (Lipinski definition) is 1. The van der Waals surface area contributed by atoms with Crippen molar-refractivity contribution in [3.8, 4) is 0 Å². The molecule has 1 rings (SSSR count). The highest BCUT2D eigenvalue weighted by atomic mass is 19.1. The number of nitrogens with zero attached hydrogens (tertiary/aromatic N) is 2. The Morgan fingerprint density at radius 3 is 2.47 bits per heavy atom. The summed E-state index contributed by atoms with van der Waals surface area (Å²) < 4.78 is 13.0. The summed E-state index contributed by atoms with van der Waals surface area (Å²) in [5, 5.41) is 0. The predicted molar refractivity (Wildman–Crippen MR) is 71.8 cm³/mol. The summed E-state index contributed by atoms with van der Waals surface area (Å²) in [4.78, 5) is 4.32. The Bertz CT molecular complexity index is 366. The van der Waals surface area contributed by atoms with Crippen LogP contribution >= 0.6 is 0 Å². The minimum absolute atomic E-state index is 0.289. The van der Waals surface area contributed by atoms with Crippen molar-refractivity contribution >= 4 is 11.4 Å². The van der Waals surface area contributed by atoms with Crippen molar-refractivity contribution in [2.24, 2.45) is 0 Å². The molecular weight excluding hydrogens is 217 g/mol. The Labute approximate surface area is 103 Å². The Morgan fingerprint density at radius 2 is 2.00 bits per heavy atom. The molecular formula is C13H22FN3. The van der Waals surface area contributed by atoms with Gasteiger partial charge in [-0.2, -0.15) is 0 Å². The van der Waals surface area contributed by atoms with Crippen molar-refractivity contribution in [1.82, 2.24) is 4.90 Å². The van der Waals surface area contributed by atoms with Crippen LogP contribution in [0.2, 0.25) is 0 Å². The van der Waals surface area contributed by atoms with Crippen LogP contribution in [0.4, 0.5) is 15.8 Å². The number of hydrogen-bond acceptors (Lipinski definition) is 3. The number of halogens is 1. The summed E-state index contributed by atoms with van der Waals surface area (Å²) >= 11 is 0. The second-order valence-electron chi connectivity index (χ2n) is 4.60. The molecule has 1 aromatic carbocycles. The Kier molecular flexibility index (Phi) is 4.75. The molecule has 0 amide bonds. The van der Waals surface area contributed by atoms with Gasteiger partial charge in [0.2, 0.25) is 0 Å². The van der Waals surface area contributed by atoms with Crippen LogP contribution in [-0.4, -0.2) is 38.1 Å². The van der Waals surface area contributed by atoms with Gasteiger partial charge in [0.05, 0.1) is 11.4 Å². The maximum absolute atomic E-state index is 13.0. The van der Waals surface area contributed by atoms with Crippen LogP contribution in [0.3, 0.4) is 0 Å². The van der Waals surface area contributed by atoms with E-state index in [2.05, 4.69) is 23.6 Å². The molecule has 0 heterocycles. The molecule has 0 aromatic heterocycles. The fraction of sp³-hybridized carbons (Fsp3) is 0.538. The average molecular weight is 239 g/mol. The Morgan fingerprint density at radius 1 is 1.35 bits per heavy atom. The second kappa shape index (κ2) is 5.87. The van der Waals surface area contributed by atoms with Crippen molar-refractivity contribution in [1.29, 1.82) is 0 Å². The Hall–Kier alpha value is -1.29. The van der Waals surface area contributed by atoms with Gasteiger partial charge >= 0.3 is 0 Å². The standard InChI is InChI=1S/C13H22FN3/c1-5-17(10(2)9-16(3)4)13-7-6-11(14)8-12(13)15/h6-8,10H,5,9,15H2,1-4H3. The molecule has 0 aliphatic heterocycles. The van der Waals surface area contributed by atoms with Crippen molar-refractivity contribution in [3.63, 3.8) is 0 Å². The number of anilines is 2.